The fourth-order valence-electron chi connectivity index (χ4n) is 4.18. The first-order chi connectivity index (χ1) is 15.1. The zero-order valence-electron chi connectivity index (χ0n) is 18.8. The second kappa shape index (κ2) is 11.0. The van der Waals surface area contributed by atoms with Crippen molar-refractivity contribution in [3.05, 3.63) is 60.2 Å². The predicted octanol–water partition coefficient (Wildman–Crippen LogP) is 3.88. The van der Waals surface area contributed by atoms with Crippen molar-refractivity contribution < 1.29 is 14.3 Å². The Labute approximate surface area is 185 Å². The number of piperazine rings is 1. The molecule has 1 unspecified atom stereocenters. The van der Waals surface area contributed by atoms with Crippen molar-refractivity contribution in [2.45, 2.75) is 32.7 Å². The molecule has 31 heavy (non-hydrogen) atoms. The third-order valence-electron chi connectivity index (χ3n) is 5.83. The molecule has 166 valence electrons. The lowest BCUT2D eigenvalue weighted by Crippen LogP contribution is -2.49. The number of rotatable bonds is 8. The van der Waals surface area contributed by atoms with Gasteiger partial charge in [-0.2, -0.15) is 0 Å². The fourth-order valence-corrected chi connectivity index (χ4v) is 4.18. The van der Waals surface area contributed by atoms with Gasteiger partial charge in [-0.25, -0.2) is 4.79 Å². The van der Waals surface area contributed by atoms with Gasteiger partial charge in [0.15, 0.2) is 0 Å². The van der Waals surface area contributed by atoms with Crippen LogP contribution in [0.5, 0.6) is 0 Å². The number of esters is 1. The molecule has 1 aliphatic heterocycles. The molecule has 1 atom stereocenters. The van der Waals surface area contributed by atoms with Gasteiger partial charge in [-0.15, -0.1) is 0 Å². The van der Waals surface area contributed by atoms with E-state index in [1.807, 2.05) is 61.2 Å². The van der Waals surface area contributed by atoms with Gasteiger partial charge in [-0.3, -0.25) is 9.69 Å². The monoisotopic (exact) mass is 423 g/mol. The Morgan fingerprint density at radius 2 is 1.61 bits per heavy atom. The topological polar surface area (TPSA) is 53.1 Å². The van der Waals surface area contributed by atoms with Gasteiger partial charge in [-0.1, -0.05) is 37.3 Å². The largest absolute Gasteiger partial charge is 0.468 e. The summed E-state index contributed by atoms with van der Waals surface area (Å²) in [5, 5.41) is 0. The van der Waals surface area contributed by atoms with Crippen LogP contribution in [0.4, 0.5) is 11.4 Å². The van der Waals surface area contributed by atoms with E-state index in [0.29, 0.717) is 13.0 Å². The van der Waals surface area contributed by atoms with E-state index in [4.69, 9.17) is 4.74 Å². The third kappa shape index (κ3) is 5.44. The minimum absolute atomic E-state index is 0.168. The zero-order chi connectivity index (χ0) is 22.2. The number of hydrogen-bond acceptors (Lipinski definition) is 5. The Kier molecular flexibility index (Phi) is 8.06. The summed E-state index contributed by atoms with van der Waals surface area (Å²) in [6.45, 7) is 7.89. The average Bonchev–Trinajstić information content (AvgIpc) is 2.81. The summed E-state index contributed by atoms with van der Waals surface area (Å²) in [7, 11) is 1.45. The van der Waals surface area contributed by atoms with Crippen molar-refractivity contribution in [3.63, 3.8) is 0 Å². The van der Waals surface area contributed by atoms with E-state index in [9.17, 15) is 9.59 Å². The van der Waals surface area contributed by atoms with Crippen LogP contribution in [0.2, 0.25) is 0 Å². The Hall–Kier alpha value is -2.86. The summed E-state index contributed by atoms with van der Waals surface area (Å²) in [4.78, 5) is 31.2. The number of amides is 1. The summed E-state index contributed by atoms with van der Waals surface area (Å²) in [6.07, 6.45) is 1.42. The number of carbonyl (C=O) groups excluding carboxylic acids is 2. The Morgan fingerprint density at radius 3 is 2.16 bits per heavy atom. The molecule has 0 aromatic heterocycles. The number of hydrogen-bond donors (Lipinski definition) is 0. The van der Waals surface area contributed by atoms with Gasteiger partial charge >= 0.3 is 5.97 Å². The van der Waals surface area contributed by atoms with Gasteiger partial charge in [0.25, 0.3) is 0 Å². The van der Waals surface area contributed by atoms with Crippen LogP contribution in [-0.2, 0) is 14.3 Å². The molecule has 0 N–H and O–H groups in total. The molecule has 1 saturated heterocycles. The van der Waals surface area contributed by atoms with Crippen LogP contribution in [-0.4, -0.2) is 56.6 Å². The molecule has 0 spiro atoms. The van der Waals surface area contributed by atoms with E-state index in [2.05, 4.69) is 21.9 Å². The normalized spacial score (nSPS) is 15.4. The molecule has 1 amide bonds. The SMILES string of the molecule is CCCC(=O)N(CC)c1ccc(N2CCN(C(C(=O)OC)c3ccccc3)CC2)cc1. The van der Waals surface area contributed by atoms with Gasteiger partial charge < -0.3 is 14.5 Å². The van der Waals surface area contributed by atoms with Crippen LogP contribution in [0.25, 0.3) is 0 Å². The van der Waals surface area contributed by atoms with Crippen LogP contribution in [0.15, 0.2) is 54.6 Å². The molecule has 6 heteroatoms. The average molecular weight is 424 g/mol. The van der Waals surface area contributed by atoms with E-state index >= 15 is 0 Å². The van der Waals surface area contributed by atoms with Crippen molar-refractivity contribution in [1.29, 1.82) is 0 Å². The summed E-state index contributed by atoms with van der Waals surface area (Å²) in [6, 6.07) is 17.7. The molecule has 0 aliphatic carbocycles. The Bertz CT molecular complexity index is 846. The minimum Gasteiger partial charge on any atom is -0.468 e. The number of anilines is 2. The zero-order valence-corrected chi connectivity index (χ0v) is 18.8. The highest BCUT2D eigenvalue weighted by molar-refractivity contribution is 5.93. The van der Waals surface area contributed by atoms with E-state index < -0.39 is 0 Å². The van der Waals surface area contributed by atoms with Gasteiger partial charge in [-0.05, 0) is 43.2 Å². The van der Waals surface area contributed by atoms with Crippen molar-refractivity contribution in [3.8, 4) is 0 Å². The van der Waals surface area contributed by atoms with Gasteiger partial charge in [0.1, 0.15) is 6.04 Å². The van der Waals surface area contributed by atoms with E-state index in [0.717, 1.165) is 49.5 Å². The van der Waals surface area contributed by atoms with Gasteiger partial charge in [0.05, 0.1) is 7.11 Å². The standard InChI is InChI=1S/C25H33N3O3/c1-4-9-23(29)28(5-2)22-14-12-21(13-15-22)26-16-18-27(19-17-26)24(25(30)31-3)20-10-7-6-8-11-20/h6-8,10-15,24H,4-5,9,16-19H2,1-3H3. The predicted molar refractivity (Wildman–Crippen MR) is 124 cm³/mol. The molecule has 1 fully saturated rings. The van der Waals surface area contributed by atoms with Crippen LogP contribution in [0.3, 0.4) is 0 Å². The number of methoxy groups -OCH3 is 1. The molecule has 0 saturated carbocycles. The third-order valence-corrected chi connectivity index (χ3v) is 5.83. The smallest absolute Gasteiger partial charge is 0.327 e. The Balaban J connectivity index is 1.66. The minimum atomic E-state index is -0.376. The molecule has 0 bridgehead atoms. The maximum Gasteiger partial charge on any atom is 0.327 e. The van der Waals surface area contributed by atoms with E-state index in [1.54, 1.807) is 0 Å². The van der Waals surface area contributed by atoms with Crippen LogP contribution in [0.1, 0.15) is 38.3 Å². The van der Waals surface area contributed by atoms with Crippen molar-refractivity contribution in [2.75, 3.05) is 49.6 Å². The first-order valence-corrected chi connectivity index (χ1v) is 11.1. The summed E-state index contributed by atoms with van der Waals surface area (Å²) < 4.78 is 5.09. The summed E-state index contributed by atoms with van der Waals surface area (Å²) in [5.41, 5.74) is 3.04. The first kappa shape index (κ1) is 22.8. The van der Waals surface area contributed by atoms with Crippen LogP contribution >= 0.6 is 0 Å². The highest BCUT2D eigenvalue weighted by Crippen LogP contribution is 2.27. The lowest BCUT2D eigenvalue weighted by molar-refractivity contribution is -0.147. The fraction of sp³-hybridized carbons (Fsp3) is 0.440. The second-order valence-corrected chi connectivity index (χ2v) is 7.76. The maximum atomic E-state index is 12.5. The highest BCUT2D eigenvalue weighted by Gasteiger charge is 2.31. The quantitative estimate of drug-likeness (QED) is 0.603. The van der Waals surface area contributed by atoms with Crippen LogP contribution in [0, 0.1) is 0 Å². The van der Waals surface area contributed by atoms with Crippen molar-refractivity contribution in [2.24, 2.45) is 0 Å². The number of nitrogens with zero attached hydrogens (tertiary/aromatic N) is 3. The van der Waals surface area contributed by atoms with Crippen molar-refractivity contribution in [1.82, 2.24) is 4.90 Å². The molecule has 0 radical (unpaired) electrons. The molecule has 3 rings (SSSR count). The molecular formula is C25H33N3O3. The highest BCUT2D eigenvalue weighted by atomic mass is 16.5. The molecule has 6 nitrogen and oxygen atoms in total. The lowest BCUT2D eigenvalue weighted by Gasteiger charge is -2.39. The van der Waals surface area contributed by atoms with Gasteiger partial charge in [0, 0.05) is 50.5 Å². The number of carbonyl (C=O) groups is 2. The molecule has 1 aliphatic rings. The molecule has 2 aromatic rings. The first-order valence-electron chi connectivity index (χ1n) is 11.1. The summed E-state index contributed by atoms with van der Waals surface area (Å²) >= 11 is 0. The van der Waals surface area contributed by atoms with E-state index in [-0.39, 0.29) is 17.9 Å². The second-order valence-electron chi connectivity index (χ2n) is 7.76. The van der Waals surface area contributed by atoms with E-state index in [1.165, 1.54) is 7.11 Å². The lowest BCUT2D eigenvalue weighted by atomic mass is 10.0. The molecule has 2 aromatic carbocycles. The van der Waals surface area contributed by atoms with Crippen molar-refractivity contribution >= 4 is 23.3 Å². The number of benzene rings is 2. The van der Waals surface area contributed by atoms with Gasteiger partial charge in [0.2, 0.25) is 5.91 Å². The summed E-state index contributed by atoms with van der Waals surface area (Å²) in [5.74, 6) is -0.0541. The van der Waals surface area contributed by atoms with Crippen LogP contribution < -0.4 is 9.80 Å². The molecule has 1 heterocycles. The molecular weight excluding hydrogens is 390 g/mol. The number of ether oxygens (including phenoxy) is 1. The maximum absolute atomic E-state index is 12.5. The Morgan fingerprint density at radius 1 is 0.968 bits per heavy atom.